The van der Waals surface area contributed by atoms with Crippen LogP contribution in [0.4, 0.5) is 8.78 Å². The van der Waals surface area contributed by atoms with E-state index in [1.807, 2.05) is 0 Å². The Morgan fingerprint density at radius 3 is 2.19 bits per heavy atom. The van der Waals surface area contributed by atoms with Crippen LogP contribution in [0.1, 0.15) is 67.3 Å². The van der Waals surface area contributed by atoms with Crippen molar-refractivity contribution in [3.63, 3.8) is 0 Å². The monoisotopic (exact) mass is 368 g/mol. The maximum Gasteiger partial charge on any atom is 0.185 e. The van der Waals surface area contributed by atoms with Gasteiger partial charge >= 0.3 is 0 Å². The van der Waals surface area contributed by atoms with Crippen LogP contribution in [0.25, 0.3) is 11.1 Å². The van der Waals surface area contributed by atoms with Crippen molar-refractivity contribution >= 4 is 5.78 Å². The summed E-state index contributed by atoms with van der Waals surface area (Å²) in [4.78, 5) is 11.6. The van der Waals surface area contributed by atoms with E-state index in [2.05, 4.69) is 13.5 Å². The van der Waals surface area contributed by atoms with Crippen LogP contribution in [0.3, 0.4) is 0 Å². The maximum atomic E-state index is 14.8. The summed E-state index contributed by atoms with van der Waals surface area (Å²) in [5.41, 5.74) is 1.62. The molecule has 1 aliphatic rings. The molecule has 0 saturated heterocycles. The number of hydrogen-bond donors (Lipinski definition) is 0. The Morgan fingerprint density at radius 1 is 1.07 bits per heavy atom. The predicted octanol–water partition coefficient (Wildman–Crippen LogP) is 7.07. The molecule has 3 heteroatoms. The van der Waals surface area contributed by atoms with Gasteiger partial charge in [-0.15, -0.1) is 0 Å². The van der Waals surface area contributed by atoms with E-state index >= 15 is 0 Å². The molecule has 0 heterocycles. The van der Waals surface area contributed by atoms with E-state index in [9.17, 15) is 13.6 Å². The molecule has 1 aliphatic carbocycles. The Bertz CT molecular complexity index is 792. The molecule has 0 unspecified atom stereocenters. The van der Waals surface area contributed by atoms with Crippen LogP contribution in [-0.4, -0.2) is 5.78 Å². The summed E-state index contributed by atoms with van der Waals surface area (Å²) in [6.07, 6.45) is 7.95. The van der Waals surface area contributed by atoms with Gasteiger partial charge < -0.3 is 0 Å². The molecule has 2 aromatic carbocycles. The van der Waals surface area contributed by atoms with Crippen molar-refractivity contribution in [2.24, 2.45) is 5.92 Å². The molecule has 1 saturated carbocycles. The fourth-order valence-corrected chi connectivity index (χ4v) is 4.22. The minimum absolute atomic E-state index is 0.0315. The fraction of sp³-hybridized carbons (Fsp3) is 0.375. The lowest BCUT2D eigenvalue weighted by atomic mass is 9.77. The van der Waals surface area contributed by atoms with Crippen LogP contribution in [0, 0.1) is 17.6 Å². The van der Waals surface area contributed by atoms with Crippen molar-refractivity contribution in [2.45, 2.75) is 51.4 Å². The number of halogens is 2. The standard InChI is InChI=1S/C24H26F2O/c1-3-5-16-6-8-17(9-7-16)20-14-21(25)24(22(26)15-20)19-12-10-18(11-13-19)23(27)4-2/h4,10-17H,2-3,5-9H2,1H3. The smallest absolute Gasteiger partial charge is 0.185 e. The molecular weight excluding hydrogens is 342 g/mol. The number of carbonyl (C=O) groups excluding carboxylic acids is 1. The van der Waals surface area contributed by atoms with Gasteiger partial charge in [0, 0.05) is 5.56 Å². The molecule has 0 aromatic heterocycles. The summed E-state index contributed by atoms with van der Waals surface area (Å²) in [7, 11) is 0. The first-order chi connectivity index (χ1) is 13.0. The second-order valence-electron chi connectivity index (χ2n) is 7.51. The molecule has 1 fully saturated rings. The molecule has 2 aromatic rings. The SMILES string of the molecule is C=CC(=O)c1ccc(-c2c(F)cc(C3CCC(CCC)CC3)cc2F)cc1. The van der Waals surface area contributed by atoms with E-state index in [1.165, 1.54) is 31.1 Å². The number of carbonyl (C=O) groups is 1. The molecule has 0 aliphatic heterocycles. The van der Waals surface area contributed by atoms with Crippen LogP contribution >= 0.6 is 0 Å². The van der Waals surface area contributed by atoms with Crippen LogP contribution in [-0.2, 0) is 0 Å². The molecule has 0 spiro atoms. The number of hydrogen-bond acceptors (Lipinski definition) is 1. The highest BCUT2D eigenvalue weighted by Crippen LogP contribution is 2.39. The second-order valence-corrected chi connectivity index (χ2v) is 7.51. The quantitative estimate of drug-likeness (QED) is 0.393. The summed E-state index contributed by atoms with van der Waals surface area (Å²) in [5.74, 6) is -0.288. The first kappa shape index (κ1) is 19.5. The largest absolute Gasteiger partial charge is 0.289 e. The first-order valence-corrected chi connectivity index (χ1v) is 9.79. The summed E-state index contributed by atoms with van der Waals surface area (Å²) < 4.78 is 29.5. The van der Waals surface area contributed by atoms with Gasteiger partial charge in [-0.25, -0.2) is 8.78 Å². The number of allylic oxidation sites excluding steroid dienone is 1. The van der Waals surface area contributed by atoms with E-state index in [4.69, 9.17) is 0 Å². The Balaban J connectivity index is 1.81. The Labute approximate surface area is 160 Å². The summed E-state index contributed by atoms with van der Waals surface area (Å²) in [6, 6.07) is 9.28. The van der Waals surface area contributed by atoms with Crippen molar-refractivity contribution in [1.82, 2.24) is 0 Å². The molecule has 0 radical (unpaired) electrons. The third-order valence-electron chi connectivity index (χ3n) is 5.72. The predicted molar refractivity (Wildman–Crippen MR) is 106 cm³/mol. The molecule has 3 rings (SSSR count). The van der Waals surface area contributed by atoms with Gasteiger partial charge in [-0.1, -0.05) is 50.6 Å². The zero-order valence-corrected chi connectivity index (χ0v) is 15.8. The van der Waals surface area contributed by atoms with Crippen molar-refractivity contribution in [3.8, 4) is 11.1 Å². The number of ketones is 1. The minimum Gasteiger partial charge on any atom is -0.289 e. The lowest BCUT2D eigenvalue weighted by molar-refractivity contribution is 0.104. The zero-order valence-electron chi connectivity index (χ0n) is 15.8. The molecule has 27 heavy (non-hydrogen) atoms. The summed E-state index contributed by atoms with van der Waals surface area (Å²) in [6.45, 7) is 5.65. The highest BCUT2D eigenvalue weighted by molar-refractivity contribution is 6.04. The van der Waals surface area contributed by atoms with Crippen LogP contribution < -0.4 is 0 Å². The van der Waals surface area contributed by atoms with Crippen molar-refractivity contribution in [2.75, 3.05) is 0 Å². The molecule has 0 atom stereocenters. The second kappa shape index (κ2) is 8.60. The molecule has 142 valence electrons. The molecule has 0 bridgehead atoms. The summed E-state index contributed by atoms with van der Waals surface area (Å²) >= 11 is 0. The maximum absolute atomic E-state index is 14.8. The lowest BCUT2D eigenvalue weighted by Crippen LogP contribution is -2.13. The van der Waals surface area contributed by atoms with Gasteiger partial charge in [0.1, 0.15) is 11.6 Å². The van der Waals surface area contributed by atoms with Gasteiger partial charge in [0.05, 0.1) is 5.56 Å². The van der Waals surface area contributed by atoms with Gasteiger partial charge in [-0.2, -0.15) is 0 Å². The molecule has 1 nitrogen and oxygen atoms in total. The highest BCUT2D eigenvalue weighted by atomic mass is 19.1. The average Bonchev–Trinajstić information content (AvgIpc) is 2.68. The lowest BCUT2D eigenvalue weighted by Gasteiger charge is -2.29. The van der Waals surface area contributed by atoms with Crippen LogP contribution in [0.2, 0.25) is 0 Å². The highest BCUT2D eigenvalue weighted by Gasteiger charge is 2.24. The summed E-state index contributed by atoms with van der Waals surface area (Å²) in [5, 5.41) is 0. The normalized spacial score (nSPS) is 19.7. The average molecular weight is 368 g/mol. The Hall–Kier alpha value is -2.29. The molecule has 0 N–H and O–H groups in total. The van der Waals surface area contributed by atoms with E-state index in [0.717, 1.165) is 37.2 Å². The van der Waals surface area contributed by atoms with Gasteiger partial charge in [0.25, 0.3) is 0 Å². The topological polar surface area (TPSA) is 17.1 Å². The Morgan fingerprint density at radius 2 is 1.67 bits per heavy atom. The Kier molecular flexibility index (Phi) is 6.20. The third kappa shape index (κ3) is 4.35. The fourth-order valence-electron chi connectivity index (χ4n) is 4.22. The molecular formula is C24H26F2O. The number of benzene rings is 2. The number of rotatable bonds is 6. The first-order valence-electron chi connectivity index (χ1n) is 9.79. The van der Waals surface area contributed by atoms with Crippen molar-refractivity contribution < 1.29 is 13.6 Å². The van der Waals surface area contributed by atoms with E-state index in [1.54, 1.807) is 24.3 Å². The zero-order chi connectivity index (χ0) is 19.4. The van der Waals surface area contributed by atoms with Crippen LogP contribution in [0.15, 0.2) is 49.1 Å². The third-order valence-corrected chi connectivity index (χ3v) is 5.72. The van der Waals surface area contributed by atoms with E-state index in [-0.39, 0.29) is 17.3 Å². The van der Waals surface area contributed by atoms with Crippen molar-refractivity contribution in [3.05, 3.63) is 71.8 Å². The van der Waals surface area contributed by atoms with E-state index in [0.29, 0.717) is 11.1 Å². The van der Waals surface area contributed by atoms with Gasteiger partial charge in [-0.3, -0.25) is 4.79 Å². The van der Waals surface area contributed by atoms with Gasteiger partial charge in [-0.05, 0) is 66.9 Å². The van der Waals surface area contributed by atoms with Gasteiger partial charge in [0.15, 0.2) is 5.78 Å². The van der Waals surface area contributed by atoms with Crippen LogP contribution in [0.5, 0.6) is 0 Å². The minimum atomic E-state index is -0.538. The van der Waals surface area contributed by atoms with E-state index < -0.39 is 11.6 Å². The molecule has 0 amide bonds. The van der Waals surface area contributed by atoms with Gasteiger partial charge in [0.2, 0.25) is 0 Å². The van der Waals surface area contributed by atoms with Crippen molar-refractivity contribution in [1.29, 1.82) is 0 Å².